The molecule has 2 aliphatic rings. The van der Waals surface area contributed by atoms with E-state index in [1.54, 1.807) is 0 Å². The van der Waals surface area contributed by atoms with E-state index < -0.39 is 0 Å². The van der Waals surface area contributed by atoms with Gasteiger partial charge in [-0.1, -0.05) is 0 Å². The second-order valence-corrected chi connectivity index (χ2v) is 6.79. The van der Waals surface area contributed by atoms with Crippen molar-refractivity contribution in [3.05, 3.63) is 18.2 Å². The molecule has 2 aliphatic heterocycles. The Bertz CT molecular complexity index is 526. The molecule has 1 amide bonds. The summed E-state index contributed by atoms with van der Waals surface area (Å²) in [6.45, 7) is 4.32. The molecule has 5 heteroatoms. The van der Waals surface area contributed by atoms with Crippen molar-refractivity contribution in [2.45, 2.75) is 57.2 Å². The zero-order valence-corrected chi connectivity index (χ0v) is 13.4. The lowest BCUT2D eigenvalue weighted by molar-refractivity contribution is -0.144. The first-order valence-corrected chi connectivity index (χ1v) is 7.98. The van der Waals surface area contributed by atoms with Gasteiger partial charge in [0.05, 0.1) is 17.6 Å². The zero-order chi connectivity index (χ0) is 15.0. The third-order valence-electron chi connectivity index (χ3n) is 5.59. The van der Waals surface area contributed by atoms with Gasteiger partial charge in [-0.2, -0.15) is 0 Å². The molecule has 0 bridgehead atoms. The van der Waals surface area contributed by atoms with Gasteiger partial charge in [0.25, 0.3) is 0 Å². The minimum atomic E-state index is -0.0234. The Balaban J connectivity index is 1.86. The number of imidazole rings is 1. The predicted molar refractivity (Wildman–Crippen MR) is 81.7 cm³/mol. The molecule has 116 valence electrons. The number of aromatic nitrogens is 2. The van der Waals surface area contributed by atoms with Crippen molar-refractivity contribution < 1.29 is 4.79 Å². The summed E-state index contributed by atoms with van der Waals surface area (Å²) in [4.78, 5) is 21.0. The number of piperidine rings is 1. The number of rotatable bonds is 2. The van der Waals surface area contributed by atoms with Crippen LogP contribution >= 0.6 is 0 Å². The van der Waals surface area contributed by atoms with Crippen LogP contribution in [-0.4, -0.2) is 50.4 Å². The number of fused-ring (bicyclic) bond motifs is 1. The molecule has 1 aromatic rings. The molecule has 0 radical (unpaired) electrons. The Morgan fingerprint density at radius 1 is 1.38 bits per heavy atom. The first kappa shape index (κ1) is 14.6. The summed E-state index contributed by atoms with van der Waals surface area (Å²) >= 11 is 0. The first-order valence-electron chi connectivity index (χ1n) is 7.98. The molecule has 0 saturated carbocycles. The SMILES string of the molecule is CN1C(=O)CC[C@@H]2N(Cc3cncn3C)CCCC[C@@]21C. The van der Waals surface area contributed by atoms with Crippen LogP contribution in [0, 0.1) is 0 Å². The van der Waals surface area contributed by atoms with Crippen LogP contribution in [0.3, 0.4) is 0 Å². The van der Waals surface area contributed by atoms with E-state index in [2.05, 4.69) is 28.4 Å². The standard InChI is InChI=1S/C16H26N4O/c1-16-8-4-5-9-20(11-13-10-17-12-18(13)2)14(16)6-7-15(21)19(16)3/h10,12,14H,4-9,11H2,1-3H3/t14-,16-/m0/s1. The van der Waals surface area contributed by atoms with E-state index >= 15 is 0 Å². The van der Waals surface area contributed by atoms with Crippen molar-refractivity contribution in [2.75, 3.05) is 13.6 Å². The Kier molecular flexibility index (Phi) is 3.78. The van der Waals surface area contributed by atoms with Gasteiger partial charge in [-0.05, 0) is 39.2 Å². The number of nitrogens with zero attached hydrogens (tertiary/aromatic N) is 4. The molecule has 3 rings (SSSR count). The van der Waals surface area contributed by atoms with E-state index in [0.717, 1.165) is 25.9 Å². The van der Waals surface area contributed by atoms with Crippen LogP contribution in [0.5, 0.6) is 0 Å². The molecular formula is C16H26N4O. The van der Waals surface area contributed by atoms with E-state index in [4.69, 9.17) is 0 Å². The number of likely N-dealkylation sites (tertiary alicyclic amines) is 2. The average molecular weight is 290 g/mol. The number of carbonyl (C=O) groups excluding carboxylic acids is 1. The summed E-state index contributed by atoms with van der Waals surface area (Å²) in [7, 11) is 4.04. The fourth-order valence-corrected chi connectivity index (χ4v) is 4.05. The van der Waals surface area contributed by atoms with Crippen molar-refractivity contribution in [3.8, 4) is 0 Å². The minimum absolute atomic E-state index is 0.0234. The second kappa shape index (κ2) is 5.44. The van der Waals surface area contributed by atoms with Crippen LogP contribution in [-0.2, 0) is 18.4 Å². The van der Waals surface area contributed by atoms with Crippen LogP contribution in [0.1, 0.15) is 44.7 Å². The number of hydrogen-bond donors (Lipinski definition) is 0. The molecule has 0 unspecified atom stereocenters. The Hall–Kier alpha value is -1.36. The fourth-order valence-electron chi connectivity index (χ4n) is 4.05. The lowest BCUT2D eigenvalue weighted by Crippen LogP contribution is -2.63. The molecular weight excluding hydrogens is 264 g/mol. The Labute approximate surface area is 126 Å². The second-order valence-electron chi connectivity index (χ2n) is 6.79. The first-order chi connectivity index (χ1) is 10.0. The molecule has 0 aromatic carbocycles. The Morgan fingerprint density at radius 2 is 2.19 bits per heavy atom. The zero-order valence-electron chi connectivity index (χ0n) is 13.4. The summed E-state index contributed by atoms with van der Waals surface area (Å²) in [6.07, 6.45) is 9.01. The van der Waals surface area contributed by atoms with Gasteiger partial charge in [0.1, 0.15) is 0 Å². The number of likely N-dealkylation sites (N-methyl/N-ethyl adjacent to an activating group) is 1. The maximum absolute atomic E-state index is 12.1. The number of hydrogen-bond acceptors (Lipinski definition) is 3. The summed E-state index contributed by atoms with van der Waals surface area (Å²) in [5.41, 5.74) is 1.23. The molecule has 0 aliphatic carbocycles. The summed E-state index contributed by atoms with van der Waals surface area (Å²) < 4.78 is 2.10. The lowest BCUT2D eigenvalue weighted by atomic mass is 9.80. The molecule has 1 aromatic heterocycles. The van der Waals surface area contributed by atoms with Crippen LogP contribution in [0.15, 0.2) is 12.5 Å². The van der Waals surface area contributed by atoms with Crippen molar-refractivity contribution in [3.63, 3.8) is 0 Å². The molecule has 2 fully saturated rings. The topological polar surface area (TPSA) is 41.4 Å². The molecule has 3 heterocycles. The number of aryl methyl sites for hydroxylation is 1. The smallest absolute Gasteiger partial charge is 0.222 e. The maximum atomic E-state index is 12.1. The van der Waals surface area contributed by atoms with Gasteiger partial charge in [0, 0.05) is 39.3 Å². The van der Waals surface area contributed by atoms with E-state index in [9.17, 15) is 4.79 Å². The average Bonchev–Trinajstić information content (AvgIpc) is 2.77. The highest BCUT2D eigenvalue weighted by atomic mass is 16.2. The predicted octanol–water partition coefficient (Wildman–Crippen LogP) is 1.79. The quantitative estimate of drug-likeness (QED) is 0.834. The van der Waals surface area contributed by atoms with Gasteiger partial charge in [-0.3, -0.25) is 9.69 Å². The molecule has 21 heavy (non-hydrogen) atoms. The van der Waals surface area contributed by atoms with Gasteiger partial charge in [-0.25, -0.2) is 4.98 Å². The highest BCUT2D eigenvalue weighted by Gasteiger charge is 2.47. The Morgan fingerprint density at radius 3 is 2.90 bits per heavy atom. The van der Waals surface area contributed by atoms with Crippen molar-refractivity contribution in [2.24, 2.45) is 7.05 Å². The molecule has 0 spiro atoms. The maximum Gasteiger partial charge on any atom is 0.222 e. The van der Waals surface area contributed by atoms with Gasteiger partial charge in [0.15, 0.2) is 0 Å². The number of carbonyl (C=O) groups is 1. The van der Waals surface area contributed by atoms with E-state index in [0.29, 0.717) is 18.4 Å². The largest absolute Gasteiger partial charge is 0.339 e. The normalized spacial score (nSPS) is 31.1. The molecule has 2 saturated heterocycles. The van der Waals surface area contributed by atoms with Gasteiger partial charge < -0.3 is 9.47 Å². The highest BCUT2D eigenvalue weighted by Crippen LogP contribution is 2.38. The summed E-state index contributed by atoms with van der Waals surface area (Å²) in [6, 6.07) is 0.456. The monoisotopic (exact) mass is 290 g/mol. The van der Waals surface area contributed by atoms with Crippen LogP contribution < -0.4 is 0 Å². The van der Waals surface area contributed by atoms with Crippen molar-refractivity contribution in [1.82, 2.24) is 19.4 Å². The van der Waals surface area contributed by atoms with E-state index in [-0.39, 0.29) is 5.54 Å². The molecule has 5 nitrogen and oxygen atoms in total. The van der Waals surface area contributed by atoms with Crippen LogP contribution in [0.4, 0.5) is 0 Å². The summed E-state index contributed by atoms with van der Waals surface area (Å²) in [5.74, 6) is 0.302. The number of amides is 1. The fraction of sp³-hybridized carbons (Fsp3) is 0.750. The van der Waals surface area contributed by atoms with Crippen LogP contribution in [0.2, 0.25) is 0 Å². The highest BCUT2D eigenvalue weighted by molar-refractivity contribution is 5.78. The third kappa shape index (κ3) is 2.48. The van der Waals surface area contributed by atoms with E-state index in [1.807, 2.05) is 24.5 Å². The molecule has 0 N–H and O–H groups in total. The summed E-state index contributed by atoms with van der Waals surface area (Å²) in [5, 5.41) is 0. The van der Waals surface area contributed by atoms with Crippen LogP contribution in [0.25, 0.3) is 0 Å². The molecule has 2 atom stereocenters. The van der Waals surface area contributed by atoms with Crippen molar-refractivity contribution in [1.29, 1.82) is 0 Å². The minimum Gasteiger partial charge on any atom is -0.339 e. The van der Waals surface area contributed by atoms with Gasteiger partial charge >= 0.3 is 0 Å². The lowest BCUT2D eigenvalue weighted by Gasteiger charge is -2.51. The van der Waals surface area contributed by atoms with Gasteiger partial charge in [0.2, 0.25) is 5.91 Å². The van der Waals surface area contributed by atoms with E-state index in [1.165, 1.54) is 18.5 Å². The van der Waals surface area contributed by atoms with Crippen molar-refractivity contribution >= 4 is 5.91 Å². The third-order valence-corrected chi connectivity index (χ3v) is 5.59. The van der Waals surface area contributed by atoms with Gasteiger partial charge in [-0.15, -0.1) is 0 Å².